The number of aromatic carboxylic acids is 1. The lowest BCUT2D eigenvalue weighted by atomic mass is 10.0. The Morgan fingerprint density at radius 3 is 2.53 bits per heavy atom. The van der Waals surface area contributed by atoms with Crippen LogP contribution in [0, 0.1) is 16.0 Å². The fraction of sp³-hybridized carbons (Fsp3) is 0.462. The maximum Gasteiger partial charge on any atom is 0.342 e. The van der Waals surface area contributed by atoms with Crippen molar-refractivity contribution in [2.45, 2.75) is 33.2 Å². The van der Waals surface area contributed by atoms with Gasteiger partial charge in [-0.25, -0.2) is 4.79 Å². The van der Waals surface area contributed by atoms with E-state index >= 15 is 0 Å². The third-order valence-electron chi connectivity index (χ3n) is 3.03. The van der Waals surface area contributed by atoms with Gasteiger partial charge in [0.1, 0.15) is 11.3 Å². The van der Waals surface area contributed by atoms with Gasteiger partial charge in [0.05, 0.1) is 4.92 Å². The number of nitrogens with zero attached hydrogens (tertiary/aromatic N) is 1. The van der Waals surface area contributed by atoms with E-state index in [9.17, 15) is 14.9 Å². The summed E-state index contributed by atoms with van der Waals surface area (Å²) in [6, 6.07) is 4.34. The van der Waals surface area contributed by atoms with Crippen molar-refractivity contribution in [1.29, 1.82) is 0 Å². The Balaban J connectivity index is 3.24. The highest BCUT2D eigenvalue weighted by molar-refractivity contribution is 5.95. The Labute approximate surface area is 111 Å². The van der Waals surface area contributed by atoms with Crippen molar-refractivity contribution in [2.75, 3.05) is 5.32 Å². The normalized spacial score (nSPS) is 12.2. The van der Waals surface area contributed by atoms with Gasteiger partial charge >= 0.3 is 11.7 Å². The van der Waals surface area contributed by atoms with Gasteiger partial charge < -0.3 is 10.4 Å². The first-order valence-corrected chi connectivity index (χ1v) is 6.15. The number of rotatable bonds is 6. The van der Waals surface area contributed by atoms with E-state index in [-0.39, 0.29) is 28.9 Å². The molecule has 0 aliphatic carbocycles. The second-order valence-corrected chi connectivity index (χ2v) is 4.67. The predicted octanol–water partition coefficient (Wildman–Crippen LogP) is 3.14. The summed E-state index contributed by atoms with van der Waals surface area (Å²) in [5.41, 5.74) is -0.423. The van der Waals surface area contributed by atoms with Gasteiger partial charge in [0.25, 0.3) is 0 Å². The Bertz CT molecular complexity index is 486. The summed E-state index contributed by atoms with van der Waals surface area (Å²) in [6.07, 6.45) is 0.798. The lowest BCUT2D eigenvalue weighted by Gasteiger charge is -2.22. The van der Waals surface area contributed by atoms with E-state index in [4.69, 9.17) is 5.11 Å². The predicted molar refractivity (Wildman–Crippen MR) is 72.6 cm³/mol. The number of hydrogen-bond acceptors (Lipinski definition) is 4. The van der Waals surface area contributed by atoms with Crippen LogP contribution < -0.4 is 5.32 Å². The number of anilines is 1. The first-order chi connectivity index (χ1) is 8.88. The van der Waals surface area contributed by atoms with Crippen molar-refractivity contribution in [2.24, 2.45) is 5.92 Å². The van der Waals surface area contributed by atoms with Crippen LogP contribution in [0.1, 0.15) is 37.6 Å². The van der Waals surface area contributed by atoms with Crippen LogP contribution in [0.3, 0.4) is 0 Å². The summed E-state index contributed by atoms with van der Waals surface area (Å²) in [6.45, 7) is 5.99. The van der Waals surface area contributed by atoms with Gasteiger partial charge in [-0.2, -0.15) is 0 Å². The Morgan fingerprint density at radius 1 is 1.47 bits per heavy atom. The molecule has 0 aliphatic rings. The number of benzene rings is 1. The van der Waals surface area contributed by atoms with Crippen molar-refractivity contribution >= 4 is 17.3 Å². The molecule has 1 aromatic rings. The van der Waals surface area contributed by atoms with Gasteiger partial charge in [0.15, 0.2) is 0 Å². The molecule has 0 amide bonds. The standard InChI is InChI=1S/C13H18N2O4/c1-4-10(8(2)3)14-11-7-5-6-9(13(16)17)12(11)15(18)19/h5-8,10,14H,4H2,1-3H3,(H,16,17). The highest BCUT2D eigenvalue weighted by Gasteiger charge is 2.25. The van der Waals surface area contributed by atoms with Crippen molar-refractivity contribution in [3.8, 4) is 0 Å². The number of carbonyl (C=O) groups is 1. The molecule has 1 rings (SSSR count). The molecule has 0 aromatic heterocycles. The number of nitro benzene ring substituents is 1. The lowest BCUT2D eigenvalue weighted by molar-refractivity contribution is -0.384. The minimum Gasteiger partial charge on any atom is -0.477 e. The van der Waals surface area contributed by atoms with E-state index in [1.165, 1.54) is 18.2 Å². The van der Waals surface area contributed by atoms with E-state index in [1.54, 1.807) is 0 Å². The maximum atomic E-state index is 11.1. The molecule has 0 saturated heterocycles. The molecule has 2 N–H and O–H groups in total. The van der Waals surface area contributed by atoms with Gasteiger partial charge in [-0.15, -0.1) is 0 Å². The summed E-state index contributed by atoms with van der Waals surface area (Å²) in [5.74, 6) is -1.01. The second-order valence-electron chi connectivity index (χ2n) is 4.67. The summed E-state index contributed by atoms with van der Waals surface area (Å²) in [5, 5.41) is 23.2. The van der Waals surface area contributed by atoms with Crippen LogP contribution in [-0.2, 0) is 0 Å². The van der Waals surface area contributed by atoms with E-state index in [1.807, 2.05) is 20.8 Å². The monoisotopic (exact) mass is 266 g/mol. The molecule has 104 valence electrons. The molecule has 0 fully saturated rings. The van der Waals surface area contributed by atoms with E-state index in [0.29, 0.717) is 0 Å². The van der Waals surface area contributed by atoms with Crippen LogP contribution in [0.15, 0.2) is 18.2 Å². The first kappa shape index (κ1) is 14.9. The number of hydrogen-bond donors (Lipinski definition) is 2. The number of carboxylic acid groups (broad SMARTS) is 1. The van der Waals surface area contributed by atoms with E-state index in [0.717, 1.165) is 6.42 Å². The van der Waals surface area contributed by atoms with Gasteiger partial charge in [-0.3, -0.25) is 10.1 Å². The van der Waals surface area contributed by atoms with Crippen LogP contribution in [0.5, 0.6) is 0 Å². The van der Waals surface area contributed by atoms with Gasteiger partial charge in [-0.1, -0.05) is 26.8 Å². The molecule has 0 bridgehead atoms. The minimum absolute atomic E-state index is 0.0581. The zero-order valence-corrected chi connectivity index (χ0v) is 11.2. The number of para-hydroxylation sites is 1. The van der Waals surface area contributed by atoms with Crippen LogP contribution in [0.4, 0.5) is 11.4 Å². The molecular weight excluding hydrogens is 248 g/mol. The van der Waals surface area contributed by atoms with Crippen molar-refractivity contribution < 1.29 is 14.8 Å². The lowest BCUT2D eigenvalue weighted by Crippen LogP contribution is -2.25. The van der Waals surface area contributed by atoms with Crippen LogP contribution in [0.2, 0.25) is 0 Å². The first-order valence-electron chi connectivity index (χ1n) is 6.15. The molecule has 1 aromatic carbocycles. The van der Waals surface area contributed by atoms with Gasteiger partial charge in [0, 0.05) is 6.04 Å². The smallest absolute Gasteiger partial charge is 0.342 e. The molecule has 19 heavy (non-hydrogen) atoms. The molecule has 0 heterocycles. The van der Waals surface area contributed by atoms with Gasteiger partial charge in [-0.05, 0) is 24.5 Å². The average molecular weight is 266 g/mol. The van der Waals surface area contributed by atoms with Crippen molar-refractivity contribution in [3.63, 3.8) is 0 Å². The topological polar surface area (TPSA) is 92.5 Å². The SMILES string of the molecule is CCC(Nc1cccc(C(=O)O)c1[N+](=O)[O-])C(C)C. The second kappa shape index (κ2) is 6.17. The number of nitrogens with one attached hydrogen (secondary N) is 1. The quantitative estimate of drug-likeness (QED) is 0.609. The number of nitro groups is 1. The van der Waals surface area contributed by atoms with Gasteiger partial charge in [0.2, 0.25) is 0 Å². The largest absolute Gasteiger partial charge is 0.477 e. The van der Waals surface area contributed by atoms with E-state index < -0.39 is 10.9 Å². The molecule has 0 radical (unpaired) electrons. The highest BCUT2D eigenvalue weighted by Crippen LogP contribution is 2.30. The molecule has 1 atom stereocenters. The van der Waals surface area contributed by atoms with Crippen LogP contribution >= 0.6 is 0 Å². The summed E-state index contributed by atoms with van der Waals surface area (Å²) < 4.78 is 0. The molecule has 0 saturated carbocycles. The molecule has 0 spiro atoms. The molecule has 6 heteroatoms. The molecule has 0 aliphatic heterocycles. The third-order valence-corrected chi connectivity index (χ3v) is 3.03. The fourth-order valence-electron chi connectivity index (χ4n) is 1.97. The van der Waals surface area contributed by atoms with Crippen LogP contribution in [0.25, 0.3) is 0 Å². The molecule has 6 nitrogen and oxygen atoms in total. The van der Waals surface area contributed by atoms with Crippen molar-refractivity contribution in [1.82, 2.24) is 0 Å². The third kappa shape index (κ3) is 3.43. The zero-order chi connectivity index (χ0) is 14.6. The summed E-state index contributed by atoms with van der Waals surface area (Å²) >= 11 is 0. The fourth-order valence-corrected chi connectivity index (χ4v) is 1.97. The molecular formula is C13H18N2O4. The maximum absolute atomic E-state index is 11.1. The minimum atomic E-state index is -1.30. The number of carboxylic acids is 1. The zero-order valence-electron chi connectivity index (χ0n) is 11.2. The summed E-state index contributed by atoms with van der Waals surface area (Å²) in [4.78, 5) is 21.5. The Hall–Kier alpha value is -2.11. The molecule has 1 unspecified atom stereocenters. The Kier molecular flexibility index (Phi) is 4.86. The highest BCUT2D eigenvalue weighted by atomic mass is 16.6. The Morgan fingerprint density at radius 2 is 2.11 bits per heavy atom. The summed E-state index contributed by atoms with van der Waals surface area (Å²) in [7, 11) is 0. The van der Waals surface area contributed by atoms with Crippen LogP contribution in [-0.4, -0.2) is 22.0 Å². The van der Waals surface area contributed by atoms with E-state index in [2.05, 4.69) is 5.32 Å². The van der Waals surface area contributed by atoms with Crippen molar-refractivity contribution in [3.05, 3.63) is 33.9 Å². The average Bonchev–Trinajstić information content (AvgIpc) is 2.34.